The maximum atomic E-state index is 5.15. The normalized spacial score (nSPS) is 33.0. The van der Waals surface area contributed by atoms with Crippen LogP contribution in [0.5, 0.6) is 0 Å². The molecule has 0 aromatic heterocycles. The zero-order chi connectivity index (χ0) is 5.11. The molecule has 1 rings (SSSR count). The molecule has 1 aliphatic rings. The molecule has 0 saturated carbocycles. The van der Waals surface area contributed by atoms with Gasteiger partial charge in [-0.15, -0.1) is 0 Å². The van der Waals surface area contributed by atoms with Crippen LogP contribution in [0.25, 0.3) is 0 Å². The van der Waals surface area contributed by atoms with Gasteiger partial charge in [0, 0.05) is 0 Å². The van der Waals surface area contributed by atoms with Crippen LogP contribution in [0.4, 0.5) is 0 Å². The van der Waals surface area contributed by atoms with Gasteiger partial charge in [0.2, 0.25) is 0 Å². The van der Waals surface area contributed by atoms with Gasteiger partial charge in [-0.05, 0) is 6.92 Å². The van der Waals surface area contributed by atoms with Crippen molar-refractivity contribution < 1.29 is 9.47 Å². The smallest absolute Gasteiger partial charge is 0.0781 e. The molecule has 42 valence electrons. The molecule has 1 heterocycles. The lowest BCUT2D eigenvalue weighted by atomic mass is 10.4. The summed E-state index contributed by atoms with van der Waals surface area (Å²) in [6, 6.07) is 0. The fourth-order valence-electron chi connectivity index (χ4n) is 0.606. The van der Waals surface area contributed by atoms with Crippen LogP contribution >= 0.6 is 0 Å². The molecule has 0 amide bonds. The van der Waals surface area contributed by atoms with E-state index in [1.807, 2.05) is 6.92 Å². The highest BCUT2D eigenvalue weighted by molar-refractivity contribution is 4.50. The summed E-state index contributed by atoms with van der Waals surface area (Å²) >= 11 is 0. The third-order valence-corrected chi connectivity index (χ3v) is 0.983. The molecule has 0 aliphatic carbocycles. The molecule has 0 aromatic carbocycles. The highest BCUT2D eigenvalue weighted by Crippen LogP contribution is 1.96. The molecule has 1 aliphatic heterocycles. The van der Waals surface area contributed by atoms with Gasteiger partial charge in [0.1, 0.15) is 0 Å². The average Bonchev–Trinajstić information content (AvgIpc) is 1.69. The molecular formula is C5H10O2. The van der Waals surface area contributed by atoms with E-state index in [-0.39, 0.29) is 0 Å². The van der Waals surface area contributed by atoms with E-state index in [2.05, 4.69) is 0 Å². The Bertz CT molecular complexity index is 48.0. The number of ether oxygens (including phenoxy) is 2. The Hall–Kier alpha value is -0.0800. The molecule has 0 radical (unpaired) electrons. The molecule has 2 nitrogen and oxygen atoms in total. The van der Waals surface area contributed by atoms with E-state index < -0.39 is 0 Å². The van der Waals surface area contributed by atoms with Crippen molar-refractivity contribution in [2.24, 2.45) is 0 Å². The van der Waals surface area contributed by atoms with Crippen LogP contribution in [0.2, 0.25) is 0 Å². The lowest BCUT2D eigenvalue weighted by Gasteiger charge is -2.18. The lowest BCUT2D eigenvalue weighted by molar-refractivity contribution is -0.0797. The Morgan fingerprint density at radius 3 is 2.57 bits per heavy atom. The molecule has 1 fully saturated rings. The summed E-state index contributed by atoms with van der Waals surface area (Å²) in [6.45, 7) is 4.31. The summed E-state index contributed by atoms with van der Waals surface area (Å²) in [5.74, 6) is 0. The maximum absolute atomic E-state index is 5.15. The van der Waals surface area contributed by atoms with Gasteiger partial charge in [-0.1, -0.05) is 0 Å². The molecule has 7 heavy (non-hydrogen) atoms. The third-order valence-electron chi connectivity index (χ3n) is 0.983. The van der Waals surface area contributed by atoms with Gasteiger partial charge < -0.3 is 9.47 Å². The van der Waals surface area contributed by atoms with E-state index in [4.69, 9.17) is 9.47 Å². The molecule has 0 spiro atoms. The van der Waals surface area contributed by atoms with Crippen LogP contribution in [-0.2, 0) is 9.47 Å². The van der Waals surface area contributed by atoms with Crippen molar-refractivity contribution in [1.29, 1.82) is 0 Å². The van der Waals surface area contributed by atoms with Crippen molar-refractivity contribution in [3.05, 3.63) is 0 Å². The van der Waals surface area contributed by atoms with Gasteiger partial charge in [0.05, 0.1) is 25.9 Å². The molecule has 2 heteroatoms. The molecule has 0 N–H and O–H groups in total. The second kappa shape index (κ2) is 2.28. The fraction of sp³-hybridized carbons (Fsp3) is 1.00. The van der Waals surface area contributed by atoms with Crippen molar-refractivity contribution in [3.63, 3.8) is 0 Å². The van der Waals surface area contributed by atoms with E-state index in [9.17, 15) is 0 Å². The summed E-state index contributed by atoms with van der Waals surface area (Å²) in [6.07, 6.45) is 0.314. The van der Waals surface area contributed by atoms with Crippen LogP contribution in [0.3, 0.4) is 0 Å². The van der Waals surface area contributed by atoms with Gasteiger partial charge in [-0.3, -0.25) is 0 Å². The third kappa shape index (κ3) is 1.45. The first-order chi connectivity index (χ1) is 3.39. The van der Waals surface area contributed by atoms with Crippen molar-refractivity contribution in [1.82, 2.24) is 0 Å². The number of rotatable bonds is 0. The summed E-state index contributed by atoms with van der Waals surface area (Å²) in [7, 11) is 0. The van der Waals surface area contributed by atoms with Crippen molar-refractivity contribution in [2.45, 2.75) is 13.0 Å². The van der Waals surface area contributed by atoms with E-state index in [1.54, 1.807) is 0 Å². The first-order valence-electron chi connectivity index (χ1n) is 2.59. The van der Waals surface area contributed by atoms with Crippen LogP contribution < -0.4 is 0 Å². The van der Waals surface area contributed by atoms with Gasteiger partial charge in [0.25, 0.3) is 0 Å². The Kier molecular flexibility index (Phi) is 1.65. The summed E-state index contributed by atoms with van der Waals surface area (Å²) < 4.78 is 10.2. The van der Waals surface area contributed by atoms with E-state index in [1.165, 1.54) is 0 Å². The summed E-state index contributed by atoms with van der Waals surface area (Å²) in [5, 5.41) is 0. The Balaban J connectivity index is 2.12. The minimum atomic E-state index is 0.314. The predicted molar refractivity (Wildman–Crippen MR) is 26.2 cm³/mol. The Morgan fingerprint density at radius 1 is 1.43 bits per heavy atom. The molecule has 0 bridgehead atoms. The first kappa shape index (κ1) is 5.06. The second-order valence-electron chi connectivity index (χ2n) is 1.76. The molecular weight excluding hydrogens is 92.1 g/mol. The van der Waals surface area contributed by atoms with E-state index in [0.717, 1.165) is 19.8 Å². The Morgan fingerprint density at radius 2 is 2.29 bits per heavy atom. The zero-order valence-electron chi connectivity index (χ0n) is 4.52. The van der Waals surface area contributed by atoms with Crippen LogP contribution in [0, 0.1) is 0 Å². The number of hydrogen-bond acceptors (Lipinski definition) is 2. The summed E-state index contributed by atoms with van der Waals surface area (Å²) in [4.78, 5) is 0. The largest absolute Gasteiger partial charge is 0.376 e. The molecule has 1 unspecified atom stereocenters. The highest BCUT2D eigenvalue weighted by Gasteiger charge is 2.06. The minimum Gasteiger partial charge on any atom is -0.376 e. The van der Waals surface area contributed by atoms with Gasteiger partial charge in [-0.2, -0.15) is 0 Å². The monoisotopic (exact) mass is 102 g/mol. The topological polar surface area (TPSA) is 18.5 Å². The first-order valence-corrected chi connectivity index (χ1v) is 2.59. The van der Waals surface area contributed by atoms with E-state index in [0.29, 0.717) is 6.10 Å². The zero-order valence-corrected chi connectivity index (χ0v) is 4.52. The van der Waals surface area contributed by atoms with E-state index >= 15 is 0 Å². The second-order valence-corrected chi connectivity index (χ2v) is 1.76. The van der Waals surface area contributed by atoms with Crippen LogP contribution in [-0.4, -0.2) is 25.9 Å². The van der Waals surface area contributed by atoms with Crippen molar-refractivity contribution >= 4 is 0 Å². The number of hydrogen-bond donors (Lipinski definition) is 0. The minimum absolute atomic E-state index is 0.314. The lowest BCUT2D eigenvalue weighted by Crippen LogP contribution is -2.25. The average molecular weight is 102 g/mol. The molecule has 1 atom stereocenters. The predicted octanol–water partition coefficient (Wildman–Crippen LogP) is 0.422. The van der Waals surface area contributed by atoms with Crippen LogP contribution in [0.1, 0.15) is 6.92 Å². The SMILES string of the molecule is CC1COCCO1. The Labute approximate surface area is 43.4 Å². The standard InChI is InChI=1S/C5H10O2/c1-5-4-6-2-3-7-5/h5H,2-4H2,1H3. The van der Waals surface area contributed by atoms with Gasteiger partial charge in [-0.25, -0.2) is 0 Å². The molecule has 1 saturated heterocycles. The van der Waals surface area contributed by atoms with Crippen molar-refractivity contribution in [3.8, 4) is 0 Å². The summed E-state index contributed by atoms with van der Waals surface area (Å²) in [5.41, 5.74) is 0. The fourth-order valence-corrected chi connectivity index (χ4v) is 0.606. The van der Waals surface area contributed by atoms with Gasteiger partial charge in [0.15, 0.2) is 0 Å². The maximum Gasteiger partial charge on any atom is 0.0781 e. The molecule has 0 aromatic rings. The van der Waals surface area contributed by atoms with Crippen LogP contribution in [0.15, 0.2) is 0 Å². The van der Waals surface area contributed by atoms with Gasteiger partial charge >= 0.3 is 0 Å². The quantitative estimate of drug-likeness (QED) is 0.441. The highest BCUT2D eigenvalue weighted by atomic mass is 16.6. The van der Waals surface area contributed by atoms with Crippen molar-refractivity contribution in [2.75, 3.05) is 19.8 Å².